The summed E-state index contributed by atoms with van der Waals surface area (Å²) in [6.45, 7) is 7.35. The van der Waals surface area contributed by atoms with Gasteiger partial charge in [-0.25, -0.2) is 8.42 Å². The number of hydrogen-bond donors (Lipinski definition) is 0. The summed E-state index contributed by atoms with van der Waals surface area (Å²) in [7, 11) is -3.40. The van der Waals surface area contributed by atoms with Crippen LogP contribution in [-0.4, -0.2) is 57.8 Å². The zero-order valence-electron chi connectivity index (χ0n) is 12.4. The monoisotopic (exact) mass is 429 g/mol. The molecule has 0 aromatic carbocycles. The second-order valence-corrected chi connectivity index (χ2v) is 10.8. The predicted molar refractivity (Wildman–Crippen MR) is 84.7 cm³/mol. The average molecular weight is 429 g/mol. The zero-order chi connectivity index (χ0) is 15.7. The second kappa shape index (κ2) is 4.78. The van der Waals surface area contributed by atoms with E-state index in [0.29, 0.717) is 6.42 Å². The van der Waals surface area contributed by atoms with Crippen LogP contribution in [0.1, 0.15) is 34.1 Å². The Morgan fingerprint density at radius 2 is 2.05 bits per heavy atom. The minimum absolute atomic E-state index is 0.265. The van der Waals surface area contributed by atoms with Gasteiger partial charge in [0.25, 0.3) is 0 Å². The summed E-state index contributed by atoms with van der Waals surface area (Å²) in [5.41, 5.74) is -0.556. The number of carbonyl (C=O) groups is 1. The van der Waals surface area contributed by atoms with Crippen molar-refractivity contribution in [2.75, 3.05) is 0 Å². The molecule has 0 radical (unpaired) electrons. The first-order valence-corrected chi connectivity index (χ1v) is 9.83. The van der Waals surface area contributed by atoms with Crippen molar-refractivity contribution in [2.24, 2.45) is 0 Å². The van der Waals surface area contributed by atoms with Crippen LogP contribution in [0.2, 0.25) is 0 Å². The molecule has 3 heterocycles. The normalized spacial score (nSPS) is 42.2. The number of halogens is 1. The fourth-order valence-electron chi connectivity index (χ4n) is 3.70. The van der Waals surface area contributed by atoms with E-state index in [-0.39, 0.29) is 22.1 Å². The Bertz CT molecular complexity index is 570. The van der Waals surface area contributed by atoms with Crippen molar-refractivity contribution in [3.8, 4) is 0 Å². The first kappa shape index (κ1) is 15.9. The lowest BCUT2D eigenvalue weighted by molar-refractivity contribution is -0.152. The van der Waals surface area contributed by atoms with E-state index in [4.69, 9.17) is 9.47 Å². The number of alkyl halides is 1. The van der Waals surface area contributed by atoms with Crippen molar-refractivity contribution in [1.82, 2.24) is 4.31 Å². The van der Waals surface area contributed by atoms with Crippen LogP contribution < -0.4 is 0 Å². The largest absolute Gasteiger partial charge is 0.457 e. The van der Waals surface area contributed by atoms with Gasteiger partial charge in [-0.3, -0.25) is 4.79 Å². The maximum absolute atomic E-state index is 12.7. The molecule has 3 fully saturated rings. The number of nitrogens with zero attached hydrogens (tertiary/aromatic N) is 1. The van der Waals surface area contributed by atoms with Crippen LogP contribution in [0.4, 0.5) is 0 Å². The summed E-state index contributed by atoms with van der Waals surface area (Å²) in [5.74, 6) is -0.313. The van der Waals surface area contributed by atoms with E-state index in [9.17, 15) is 13.2 Å². The summed E-state index contributed by atoms with van der Waals surface area (Å²) < 4.78 is 38.1. The van der Waals surface area contributed by atoms with Crippen molar-refractivity contribution in [3.05, 3.63) is 0 Å². The molecule has 8 heteroatoms. The molecule has 6 unspecified atom stereocenters. The molecule has 0 spiro atoms. The molecule has 0 saturated carbocycles. The highest BCUT2D eigenvalue weighted by atomic mass is 127. The zero-order valence-corrected chi connectivity index (χ0v) is 15.4. The number of ether oxygens (including phenoxy) is 2. The number of fused-ring (bicyclic) bond motifs is 1. The van der Waals surface area contributed by atoms with Gasteiger partial charge < -0.3 is 9.47 Å². The first-order chi connectivity index (χ1) is 9.55. The molecule has 6 atom stereocenters. The average Bonchev–Trinajstić information content (AvgIpc) is 2.90. The standard InChI is InChI=1S/C13H20INO5S/c1-6(14)12(16)20-10-7-5-8-11(19-7)9(10)15(13(2,3)4)21(8,17)18/h6-11H,5H2,1-4H3. The van der Waals surface area contributed by atoms with E-state index in [1.165, 1.54) is 4.31 Å². The van der Waals surface area contributed by atoms with Gasteiger partial charge in [-0.05, 0) is 34.1 Å². The molecule has 3 rings (SSSR count). The maximum Gasteiger partial charge on any atom is 0.319 e. The lowest BCUT2D eigenvalue weighted by Crippen LogP contribution is -2.53. The SMILES string of the molecule is CC(I)C(=O)OC1C2CC3C(O2)C1N(C(C)(C)C)S3(=O)=O. The molecule has 21 heavy (non-hydrogen) atoms. The van der Waals surface area contributed by atoms with Crippen LogP contribution in [0, 0.1) is 0 Å². The summed E-state index contributed by atoms with van der Waals surface area (Å²) in [5, 5.41) is -0.487. The molecule has 2 bridgehead atoms. The van der Waals surface area contributed by atoms with Crippen molar-refractivity contribution in [3.63, 3.8) is 0 Å². The van der Waals surface area contributed by atoms with Gasteiger partial charge in [0.1, 0.15) is 15.3 Å². The Balaban J connectivity index is 1.96. The molecule has 3 aliphatic rings. The van der Waals surface area contributed by atoms with E-state index in [1.54, 1.807) is 6.92 Å². The maximum atomic E-state index is 12.7. The van der Waals surface area contributed by atoms with Crippen molar-refractivity contribution >= 4 is 38.6 Å². The minimum atomic E-state index is -3.40. The molecule has 3 aliphatic heterocycles. The van der Waals surface area contributed by atoms with Crippen molar-refractivity contribution in [1.29, 1.82) is 0 Å². The topological polar surface area (TPSA) is 72.9 Å². The van der Waals surface area contributed by atoms with Gasteiger partial charge in [0.2, 0.25) is 10.0 Å². The van der Waals surface area contributed by atoms with E-state index < -0.39 is 33.0 Å². The van der Waals surface area contributed by atoms with Gasteiger partial charge >= 0.3 is 5.97 Å². The number of esters is 1. The van der Waals surface area contributed by atoms with Crippen molar-refractivity contribution < 1.29 is 22.7 Å². The van der Waals surface area contributed by atoms with Gasteiger partial charge in [-0.2, -0.15) is 4.31 Å². The Hall–Kier alpha value is 0.0700. The molecule has 6 nitrogen and oxygen atoms in total. The van der Waals surface area contributed by atoms with E-state index in [0.717, 1.165) is 0 Å². The van der Waals surface area contributed by atoms with Crippen LogP contribution in [0.15, 0.2) is 0 Å². The molecule has 120 valence electrons. The van der Waals surface area contributed by atoms with E-state index >= 15 is 0 Å². The number of hydrogen-bond acceptors (Lipinski definition) is 5. The molecule has 0 amide bonds. The first-order valence-electron chi connectivity index (χ1n) is 7.08. The molecular weight excluding hydrogens is 409 g/mol. The third-order valence-electron chi connectivity index (χ3n) is 4.37. The third-order valence-corrected chi connectivity index (χ3v) is 7.44. The Kier molecular flexibility index (Phi) is 3.63. The van der Waals surface area contributed by atoms with Gasteiger partial charge in [0.15, 0.2) is 0 Å². The fourth-order valence-corrected chi connectivity index (χ4v) is 6.48. The second-order valence-electron chi connectivity index (χ2n) is 6.93. The highest BCUT2D eigenvalue weighted by Gasteiger charge is 2.70. The molecule has 3 saturated heterocycles. The van der Waals surface area contributed by atoms with Crippen LogP contribution in [-0.2, 0) is 24.3 Å². The minimum Gasteiger partial charge on any atom is -0.457 e. The lowest BCUT2D eigenvalue weighted by Gasteiger charge is -2.36. The summed E-state index contributed by atoms with van der Waals surface area (Å²) in [6.07, 6.45) is -0.746. The molecule has 0 aromatic heterocycles. The van der Waals surface area contributed by atoms with Crippen molar-refractivity contribution in [2.45, 2.75) is 73.2 Å². The molecule has 0 N–H and O–H groups in total. The Morgan fingerprint density at radius 3 is 2.57 bits per heavy atom. The summed E-state index contributed by atoms with van der Waals surface area (Å²) >= 11 is 2.00. The molecule has 0 aromatic rings. The van der Waals surface area contributed by atoms with Gasteiger partial charge in [0, 0.05) is 5.54 Å². The summed E-state index contributed by atoms with van der Waals surface area (Å²) in [6, 6.07) is -0.391. The van der Waals surface area contributed by atoms with Gasteiger partial charge in [-0.1, -0.05) is 22.6 Å². The van der Waals surface area contributed by atoms with E-state index in [2.05, 4.69) is 0 Å². The fraction of sp³-hybridized carbons (Fsp3) is 0.923. The molecule has 0 aliphatic carbocycles. The predicted octanol–water partition coefficient (Wildman–Crippen LogP) is 1.07. The molecular formula is C13H20INO5S. The highest BCUT2D eigenvalue weighted by molar-refractivity contribution is 14.1. The number of carbonyl (C=O) groups excluding carboxylic acids is 1. The number of sulfonamides is 1. The third kappa shape index (κ3) is 2.24. The van der Waals surface area contributed by atoms with Gasteiger partial charge in [-0.15, -0.1) is 0 Å². The van der Waals surface area contributed by atoms with Crippen LogP contribution in [0.3, 0.4) is 0 Å². The quantitative estimate of drug-likeness (QED) is 0.373. The number of rotatable bonds is 2. The van der Waals surface area contributed by atoms with Crippen LogP contribution in [0.5, 0.6) is 0 Å². The highest BCUT2D eigenvalue weighted by Crippen LogP contribution is 2.51. The van der Waals surface area contributed by atoms with Crippen LogP contribution >= 0.6 is 22.6 Å². The summed E-state index contributed by atoms with van der Waals surface area (Å²) in [4.78, 5) is 11.9. The van der Waals surface area contributed by atoms with Crippen LogP contribution in [0.25, 0.3) is 0 Å². The Labute approximate surface area is 138 Å². The lowest BCUT2D eigenvalue weighted by atomic mass is 9.90. The van der Waals surface area contributed by atoms with Gasteiger partial charge in [0.05, 0.1) is 18.2 Å². The van der Waals surface area contributed by atoms with E-state index in [1.807, 2.05) is 43.4 Å². The smallest absolute Gasteiger partial charge is 0.319 e. The Morgan fingerprint density at radius 1 is 1.43 bits per heavy atom.